The van der Waals surface area contributed by atoms with Gasteiger partial charge in [-0.2, -0.15) is 0 Å². The van der Waals surface area contributed by atoms with Gasteiger partial charge in [-0.15, -0.1) is 0 Å². The summed E-state index contributed by atoms with van der Waals surface area (Å²) >= 11 is 5.74. The predicted octanol–water partition coefficient (Wildman–Crippen LogP) is 1.54. The summed E-state index contributed by atoms with van der Waals surface area (Å²) in [4.78, 5) is 3.93. The van der Waals surface area contributed by atoms with Crippen LogP contribution in [-0.4, -0.2) is 20.5 Å². The van der Waals surface area contributed by atoms with Gasteiger partial charge in [0.05, 0.1) is 12.6 Å². The second-order valence-corrected chi connectivity index (χ2v) is 5.23. The number of halogens is 1. The average molecular weight is 273 g/mol. The fourth-order valence-electron chi connectivity index (χ4n) is 1.59. The van der Waals surface area contributed by atoms with Crippen molar-refractivity contribution in [2.24, 2.45) is 5.14 Å². The normalized spacial score (nSPS) is 11.7. The third-order valence-corrected chi connectivity index (χ3v) is 3.46. The summed E-state index contributed by atoms with van der Waals surface area (Å²) in [7, 11) is -2.52. The van der Waals surface area contributed by atoms with Crippen molar-refractivity contribution in [1.82, 2.24) is 4.98 Å². The summed E-state index contributed by atoms with van der Waals surface area (Å²) in [5, 5.41) is 5.83. The largest absolute Gasteiger partial charge is 0.495 e. The van der Waals surface area contributed by atoms with Crippen molar-refractivity contribution >= 4 is 32.5 Å². The van der Waals surface area contributed by atoms with Gasteiger partial charge in [-0.1, -0.05) is 11.6 Å². The van der Waals surface area contributed by atoms with Crippen molar-refractivity contribution in [3.8, 4) is 5.75 Å². The van der Waals surface area contributed by atoms with Crippen molar-refractivity contribution in [2.45, 2.75) is 4.90 Å². The lowest BCUT2D eigenvalue weighted by Gasteiger charge is -2.09. The Morgan fingerprint density at radius 2 is 2.00 bits per heavy atom. The summed E-state index contributed by atoms with van der Waals surface area (Å²) in [5.74, 6) is 0.184. The molecule has 5 nitrogen and oxygen atoms in total. The van der Waals surface area contributed by atoms with Gasteiger partial charge >= 0.3 is 0 Å². The standard InChI is InChI=1S/C10H9ClN2O3S/c1-16-8-4-3-7-6(2-5-9(11)13-7)10(8)17(12,14)15/h2-5H,1H3,(H2,12,14,15). The maximum absolute atomic E-state index is 11.5. The number of sulfonamides is 1. The third-order valence-electron chi connectivity index (χ3n) is 2.26. The molecule has 0 aliphatic heterocycles. The van der Waals surface area contributed by atoms with Gasteiger partial charge in [-0.05, 0) is 24.3 Å². The van der Waals surface area contributed by atoms with E-state index in [2.05, 4.69) is 4.98 Å². The van der Waals surface area contributed by atoms with Crippen LogP contribution in [0, 0.1) is 0 Å². The topological polar surface area (TPSA) is 82.3 Å². The molecule has 0 bridgehead atoms. The number of methoxy groups -OCH3 is 1. The van der Waals surface area contributed by atoms with Crippen molar-refractivity contribution in [3.05, 3.63) is 29.4 Å². The molecule has 0 unspecified atom stereocenters. The molecule has 2 rings (SSSR count). The van der Waals surface area contributed by atoms with Crippen LogP contribution in [0.5, 0.6) is 5.75 Å². The minimum Gasteiger partial charge on any atom is -0.495 e. The van der Waals surface area contributed by atoms with Crippen LogP contribution < -0.4 is 9.88 Å². The zero-order valence-electron chi connectivity index (χ0n) is 8.84. The molecule has 0 amide bonds. The Labute approximate surface area is 103 Å². The molecule has 1 aromatic heterocycles. The van der Waals surface area contributed by atoms with E-state index in [9.17, 15) is 8.42 Å². The zero-order chi connectivity index (χ0) is 12.6. The van der Waals surface area contributed by atoms with Gasteiger partial charge in [0.1, 0.15) is 15.8 Å². The van der Waals surface area contributed by atoms with Crippen LogP contribution in [0.4, 0.5) is 0 Å². The molecular formula is C10H9ClN2O3S. The molecule has 0 saturated carbocycles. The van der Waals surface area contributed by atoms with E-state index in [1.807, 2.05) is 0 Å². The second kappa shape index (κ2) is 4.14. The molecule has 7 heteroatoms. The number of benzene rings is 1. The number of pyridine rings is 1. The fourth-order valence-corrected chi connectivity index (χ4v) is 2.65. The Kier molecular flexibility index (Phi) is 2.94. The maximum Gasteiger partial charge on any atom is 0.242 e. The van der Waals surface area contributed by atoms with E-state index in [1.165, 1.54) is 19.2 Å². The Morgan fingerprint density at radius 3 is 2.59 bits per heavy atom. The summed E-state index contributed by atoms with van der Waals surface area (Å²) < 4.78 is 28.1. The van der Waals surface area contributed by atoms with Gasteiger partial charge in [-0.3, -0.25) is 0 Å². The van der Waals surface area contributed by atoms with Crippen molar-refractivity contribution in [2.75, 3.05) is 7.11 Å². The van der Waals surface area contributed by atoms with Gasteiger partial charge in [0.2, 0.25) is 10.0 Å². The highest BCUT2D eigenvalue weighted by molar-refractivity contribution is 7.89. The molecule has 0 atom stereocenters. The number of hydrogen-bond donors (Lipinski definition) is 1. The highest BCUT2D eigenvalue weighted by atomic mass is 35.5. The zero-order valence-corrected chi connectivity index (χ0v) is 10.4. The highest BCUT2D eigenvalue weighted by Crippen LogP contribution is 2.31. The van der Waals surface area contributed by atoms with Crippen LogP contribution in [-0.2, 0) is 10.0 Å². The first-order chi connectivity index (χ1) is 7.93. The second-order valence-electron chi connectivity index (χ2n) is 3.34. The Hall–Kier alpha value is -1.37. The number of hydrogen-bond acceptors (Lipinski definition) is 4. The molecule has 0 fully saturated rings. The molecule has 1 aromatic carbocycles. The first-order valence-electron chi connectivity index (χ1n) is 4.59. The summed E-state index contributed by atoms with van der Waals surface area (Å²) in [5.41, 5.74) is 0.447. The molecule has 17 heavy (non-hydrogen) atoms. The van der Waals surface area contributed by atoms with Crippen molar-refractivity contribution in [3.63, 3.8) is 0 Å². The molecule has 0 spiro atoms. The maximum atomic E-state index is 11.5. The summed E-state index contributed by atoms with van der Waals surface area (Å²) in [6, 6.07) is 6.16. The quantitative estimate of drug-likeness (QED) is 0.841. The lowest BCUT2D eigenvalue weighted by Crippen LogP contribution is -2.14. The molecule has 2 N–H and O–H groups in total. The predicted molar refractivity (Wildman–Crippen MR) is 64.7 cm³/mol. The summed E-state index contributed by atoms with van der Waals surface area (Å²) in [6.45, 7) is 0. The SMILES string of the molecule is COc1ccc2nc(Cl)ccc2c1S(N)(=O)=O. The lowest BCUT2D eigenvalue weighted by atomic mass is 10.2. The molecule has 2 aromatic rings. The van der Waals surface area contributed by atoms with Crippen molar-refractivity contribution < 1.29 is 13.2 Å². The lowest BCUT2D eigenvalue weighted by molar-refractivity contribution is 0.404. The monoisotopic (exact) mass is 272 g/mol. The minimum atomic E-state index is -3.89. The van der Waals surface area contributed by atoms with Crippen LogP contribution in [0.15, 0.2) is 29.2 Å². The number of ether oxygens (including phenoxy) is 1. The van der Waals surface area contributed by atoms with E-state index in [0.717, 1.165) is 0 Å². The number of primary sulfonamides is 1. The molecule has 1 heterocycles. The first kappa shape index (κ1) is 12.1. The highest BCUT2D eigenvalue weighted by Gasteiger charge is 2.19. The van der Waals surface area contributed by atoms with Crippen LogP contribution in [0.3, 0.4) is 0 Å². The number of aromatic nitrogens is 1. The Morgan fingerprint density at radius 1 is 1.29 bits per heavy atom. The fraction of sp³-hybridized carbons (Fsp3) is 0.100. The molecule has 90 valence electrons. The first-order valence-corrected chi connectivity index (χ1v) is 6.52. The molecule has 0 saturated heterocycles. The van der Waals surface area contributed by atoms with E-state index < -0.39 is 10.0 Å². The van der Waals surface area contributed by atoms with Gasteiger partial charge in [0.15, 0.2) is 0 Å². The summed E-state index contributed by atoms with van der Waals surface area (Å²) in [6.07, 6.45) is 0. The van der Waals surface area contributed by atoms with Gasteiger partial charge in [0.25, 0.3) is 0 Å². The molecular weight excluding hydrogens is 264 g/mol. The van der Waals surface area contributed by atoms with Crippen LogP contribution >= 0.6 is 11.6 Å². The van der Waals surface area contributed by atoms with E-state index in [0.29, 0.717) is 10.9 Å². The van der Waals surface area contributed by atoms with E-state index in [1.54, 1.807) is 12.1 Å². The average Bonchev–Trinajstić information content (AvgIpc) is 2.25. The van der Waals surface area contributed by atoms with Crippen LogP contribution in [0.2, 0.25) is 5.15 Å². The smallest absolute Gasteiger partial charge is 0.242 e. The van der Waals surface area contributed by atoms with Crippen LogP contribution in [0.1, 0.15) is 0 Å². The number of fused-ring (bicyclic) bond motifs is 1. The number of nitrogens with zero attached hydrogens (tertiary/aromatic N) is 1. The van der Waals surface area contributed by atoms with Gasteiger partial charge in [-0.25, -0.2) is 18.5 Å². The molecule has 0 aliphatic rings. The third kappa shape index (κ3) is 2.19. The van der Waals surface area contributed by atoms with E-state index in [-0.39, 0.29) is 15.8 Å². The number of nitrogens with two attached hydrogens (primary N) is 1. The number of rotatable bonds is 2. The van der Waals surface area contributed by atoms with E-state index in [4.69, 9.17) is 21.5 Å². The van der Waals surface area contributed by atoms with Crippen molar-refractivity contribution in [1.29, 1.82) is 0 Å². The van der Waals surface area contributed by atoms with Gasteiger partial charge in [0, 0.05) is 5.39 Å². The van der Waals surface area contributed by atoms with Gasteiger partial charge < -0.3 is 4.74 Å². The minimum absolute atomic E-state index is 0.0818. The Bertz CT molecular complexity index is 685. The molecule has 0 aliphatic carbocycles. The molecule has 0 radical (unpaired) electrons. The Balaban J connectivity index is 2.94. The van der Waals surface area contributed by atoms with E-state index >= 15 is 0 Å². The van der Waals surface area contributed by atoms with Crippen LogP contribution in [0.25, 0.3) is 10.9 Å².